The van der Waals surface area contributed by atoms with E-state index in [1.807, 2.05) is 55.1 Å². The van der Waals surface area contributed by atoms with Crippen LogP contribution in [-0.2, 0) is 4.79 Å². The predicted octanol–water partition coefficient (Wildman–Crippen LogP) is 4.59. The van der Waals surface area contributed by atoms with E-state index in [4.69, 9.17) is 0 Å². The van der Waals surface area contributed by atoms with Crippen LogP contribution in [-0.4, -0.2) is 22.8 Å². The Labute approximate surface area is 137 Å². The highest BCUT2D eigenvalue weighted by atomic mass is 32.1. The average Bonchev–Trinajstić information content (AvgIpc) is 3.19. The summed E-state index contributed by atoms with van der Waals surface area (Å²) in [6.45, 7) is 2.01. The van der Waals surface area contributed by atoms with E-state index < -0.39 is 0 Å². The maximum atomic E-state index is 12.3. The Bertz CT molecular complexity index is 772. The van der Waals surface area contributed by atoms with E-state index in [9.17, 15) is 4.79 Å². The van der Waals surface area contributed by atoms with E-state index in [1.54, 1.807) is 33.6 Å². The molecule has 1 amide bonds. The van der Waals surface area contributed by atoms with Gasteiger partial charge in [-0.15, -0.1) is 11.3 Å². The Hall–Kier alpha value is -1.98. The predicted molar refractivity (Wildman–Crippen MR) is 94.2 cm³/mol. The molecule has 1 atom stereocenters. The summed E-state index contributed by atoms with van der Waals surface area (Å²) >= 11 is 3.26. The van der Waals surface area contributed by atoms with Crippen molar-refractivity contribution < 1.29 is 4.79 Å². The summed E-state index contributed by atoms with van der Waals surface area (Å²) in [6, 6.07) is 9.99. The Morgan fingerprint density at radius 3 is 2.86 bits per heavy atom. The largest absolute Gasteiger partial charge is 0.333 e. The fourth-order valence-corrected chi connectivity index (χ4v) is 3.77. The minimum Gasteiger partial charge on any atom is -0.333 e. The van der Waals surface area contributed by atoms with Crippen LogP contribution in [0.25, 0.3) is 16.3 Å². The third kappa shape index (κ3) is 3.10. The fourth-order valence-electron chi connectivity index (χ4n) is 2.08. The number of thiazole rings is 1. The van der Waals surface area contributed by atoms with Gasteiger partial charge in [0.25, 0.3) is 0 Å². The van der Waals surface area contributed by atoms with Gasteiger partial charge in [-0.05, 0) is 47.5 Å². The molecule has 3 rings (SSSR count). The summed E-state index contributed by atoms with van der Waals surface area (Å²) in [5.41, 5.74) is 2.04. The fraction of sp³-hybridized carbons (Fsp3) is 0.176. The van der Waals surface area contributed by atoms with Gasteiger partial charge in [0.05, 0.1) is 16.3 Å². The number of para-hydroxylation sites is 1. The van der Waals surface area contributed by atoms with Crippen LogP contribution in [0.1, 0.15) is 23.5 Å². The molecule has 0 bridgehead atoms. The van der Waals surface area contributed by atoms with Gasteiger partial charge in [-0.2, -0.15) is 11.3 Å². The highest BCUT2D eigenvalue weighted by Gasteiger charge is 2.19. The lowest BCUT2D eigenvalue weighted by Gasteiger charge is -2.21. The molecule has 112 valence electrons. The molecule has 0 saturated heterocycles. The number of nitrogens with zero attached hydrogens (tertiary/aromatic N) is 2. The van der Waals surface area contributed by atoms with Crippen molar-refractivity contribution in [2.24, 2.45) is 0 Å². The van der Waals surface area contributed by atoms with Crippen LogP contribution in [0.5, 0.6) is 0 Å². The molecule has 2 heterocycles. The Balaban J connectivity index is 1.75. The van der Waals surface area contributed by atoms with Gasteiger partial charge in [0.2, 0.25) is 5.91 Å². The molecule has 22 heavy (non-hydrogen) atoms. The lowest BCUT2D eigenvalue weighted by Crippen LogP contribution is -2.27. The van der Waals surface area contributed by atoms with Crippen molar-refractivity contribution in [2.75, 3.05) is 7.05 Å². The molecule has 3 nitrogen and oxygen atoms in total. The van der Waals surface area contributed by atoms with E-state index in [1.165, 1.54) is 0 Å². The van der Waals surface area contributed by atoms with Gasteiger partial charge >= 0.3 is 0 Å². The summed E-state index contributed by atoms with van der Waals surface area (Å²) in [5, 5.41) is 4.97. The molecule has 1 unspecified atom stereocenters. The van der Waals surface area contributed by atoms with Crippen LogP contribution < -0.4 is 0 Å². The monoisotopic (exact) mass is 328 g/mol. The lowest BCUT2D eigenvalue weighted by atomic mass is 10.2. The number of amides is 1. The molecule has 5 heteroatoms. The average molecular weight is 328 g/mol. The second-order valence-electron chi connectivity index (χ2n) is 5.03. The zero-order valence-corrected chi connectivity index (χ0v) is 14.0. The third-order valence-corrected chi connectivity index (χ3v) is 5.47. The van der Waals surface area contributed by atoms with Crippen molar-refractivity contribution in [3.8, 4) is 0 Å². The lowest BCUT2D eigenvalue weighted by molar-refractivity contribution is -0.126. The van der Waals surface area contributed by atoms with E-state index in [0.29, 0.717) is 0 Å². The smallest absolute Gasteiger partial charge is 0.246 e. The van der Waals surface area contributed by atoms with Crippen molar-refractivity contribution >= 4 is 44.9 Å². The molecular formula is C17H16N2OS2. The van der Waals surface area contributed by atoms with Crippen LogP contribution in [0.15, 0.2) is 47.2 Å². The van der Waals surface area contributed by atoms with Gasteiger partial charge in [0, 0.05) is 13.1 Å². The van der Waals surface area contributed by atoms with Crippen molar-refractivity contribution in [3.63, 3.8) is 0 Å². The first kappa shape index (κ1) is 14.9. The second kappa shape index (κ2) is 6.42. The Morgan fingerprint density at radius 2 is 2.14 bits per heavy atom. The number of likely N-dealkylation sites (N-methyl/N-ethyl adjacent to an activating group) is 1. The highest BCUT2D eigenvalue weighted by Crippen LogP contribution is 2.28. The maximum absolute atomic E-state index is 12.3. The molecule has 0 aliphatic carbocycles. The summed E-state index contributed by atoms with van der Waals surface area (Å²) in [7, 11) is 1.82. The van der Waals surface area contributed by atoms with E-state index in [2.05, 4.69) is 11.1 Å². The van der Waals surface area contributed by atoms with Crippen LogP contribution >= 0.6 is 22.7 Å². The van der Waals surface area contributed by atoms with Crippen molar-refractivity contribution in [3.05, 3.63) is 57.7 Å². The quantitative estimate of drug-likeness (QED) is 0.656. The summed E-state index contributed by atoms with van der Waals surface area (Å²) in [6.07, 6.45) is 3.46. The standard InChI is InChI=1S/C17H16N2OS2/c1-12(17-18-14-5-3-4-6-15(14)22-17)19(2)16(20)8-7-13-9-10-21-11-13/h3-12H,1-2H3. The number of carbonyl (C=O) groups excluding carboxylic acids is 1. The molecule has 0 aliphatic heterocycles. The molecule has 0 N–H and O–H groups in total. The molecule has 3 aromatic rings. The molecule has 0 fully saturated rings. The van der Waals surface area contributed by atoms with Crippen molar-refractivity contribution in [2.45, 2.75) is 13.0 Å². The molecule has 0 saturated carbocycles. The van der Waals surface area contributed by atoms with Crippen LogP contribution in [0.4, 0.5) is 0 Å². The number of carbonyl (C=O) groups is 1. The van der Waals surface area contributed by atoms with Gasteiger partial charge in [0.15, 0.2) is 0 Å². The SMILES string of the molecule is CC(c1nc2ccccc2s1)N(C)C(=O)C=Cc1ccsc1. The number of rotatable bonds is 4. The number of aromatic nitrogens is 1. The van der Waals surface area contributed by atoms with Crippen LogP contribution in [0.2, 0.25) is 0 Å². The van der Waals surface area contributed by atoms with Crippen molar-refractivity contribution in [1.82, 2.24) is 9.88 Å². The highest BCUT2D eigenvalue weighted by molar-refractivity contribution is 7.18. The summed E-state index contributed by atoms with van der Waals surface area (Å²) in [5.74, 6) is -0.0158. The molecule has 1 aromatic carbocycles. The Morgan fingerprint density at radius 1 is 1.32 bits per heavy atom. The maximum Gasteiger partial charge on any atom is 0.246 e. The van der Waals surface area contributed by atoms with Gasteiger partial charge in [-0.1, -0.05) is 12.1 Å². The topological polar surface area (TPSA) is 33.2 Å². The summed E-state index contributed by atoms with van der Waals surface area (Å²) in [4.78, 5) is 18.6. The molecule has 0 aliphatic rings. The number of benzene rings is 1. The van der Waals surface area contributed by atoms with Crippen molar-refractivity contribution in [1.29, 1.82) is 0 Å². The summed E-state index contributed by atoms with van der Waals surface area (Å²) < 4.78 is 1.15. The molecule has 0 radical (unpaired) electrons. The van der Waals surface area contributed by atoms with Crippen LogP contribution in [0, 0.1) is 0 Å². The number of hydrogen-bond donors (Lipinski definition) is 0. The number of hydrogen-bond acceptors (Lipinski definition) is 4. The van der Waals surface area contributed by atoms with E-state index >= 15 is 0 Å². The zero-order chi connectivity index (χ0) is 15.5. The van der Waals surface area contributed by atoms with E-state index in [-0.39, 0.29) is 11.9 Å². The first-order chi connectivity index (χ1) is 10.6. The number of fused-ring (bicyclic) bond motifs is 1. The third-order valence-electron chi connectivity index (χ3n) is 3.56. The van der Waals surface area contributed by atoms with Gasteiger partial charge in [-0.3, -0.25) is 4.79 Å². The first-order valence-electron chi connectivity index (χ1n) is 6.97. The van der Waals surface area contributed by atoms with Crippen LogP contribution in [0.3, 0.4) is 0 Å². The molecule has 2 aromatic heterocycles. The Kier molecular flexibility index (Phi) is 4.36. The normalized spacial score (nSPS) is 12.8. The van der Waals surface area contributed by atoms with E-state index in [0.717, 1.165) is 20.8 Å². The molecular weight excluding hydrogens is 312 g/mol. The van der Waals surface area contributed by atoms with Gasteiger partial charge < -0.3 is 4.90 Å². The minimum absolute atomic E-state index is 0.0158. The minimum atomic E-state index is -0.0444. The van der Waals surface area contributed by atoms with Gasteiger partial charge in [-0.25, -0.2) is 4.98 Å². The first-order valence-corrected chi connectivity index (χ1v) is 8.73. The second-order valence-corrected chi connectivity index (χ2v) is 6.88. The number of thiophene rings is 1. The van der Waals surface area contributed by atoms with Gasteiger partial charge in [0.1, 0.15) is 5.01 Å². The molecule has 0 spiro atoms. The zero-order valence-electron chi connectivity index (χ0n) is 12.4.